The maximum Gasteiger partial charge on any atom is 0.231 e. The van der Waals surface area contributed by atoms with Crippen LogP contribution >= 0.6 is 0 Å². The Morgan fingerprint density at radius 1 is 1.09 bits per heavy atom. The van der Waals surface area contributed by atoms with Gasteiger partial charge in [0.2, 0.25) is 12.7 Å². The van der Waals surface area contributed by atoms with E-state index in [1.54, 1.807) is 13.2 Å². The van der Waals surface area contributed by atoms with E-state index in [2.05, 4.69) is 14.9 Å². The van der Waals surface area contributed by atoms with Crippen LogP contribution in [0.15, 0.2) is 18.2 Å². The van der Waals surface area contributed by atoms with Crippen molar-refractivity contribution >= 4 is 11.8 Å². The topological polar surface area (TPSA) is 82.7 Å². The van der Waals surface area contributed by atoms with Crippen LogP contribution in [0.4, 0.5) is 11.8 Å². The van der Waals surface area contributed by atoms with Crippen LogP contribution in [0, 0.1) is 0 Å². The molecular formula is C16H18N4O3. The minimum Gasteiger partial charge on any atom is -0.496 e. The summed E-state index contributed by atoms with van der Waals surface area (Å²) in [6.07, 6.45) is 2.31. The van der Waals surface area contributed by atoms with Crippen LogP contribution in [0.2, 0.25) is 0 Å². The Morgan fingerprint density at radius 2 is 1.83 bits per heavy atom. The van der Waals surface area contributed by atoms with E-state index >= 15 is 0 Å². The molecule has 23 heavy (non-hydrogen) atoms. The van der Waals surface area contributed by atoms with Crippen molar-refractivity contribution in [3.8, 4) is 28.5 Å². The quantitative estimate of drug-likeness (QED) is 0.928. The second kappa shape index (κ2) is 5.49. The van der Waals surface area contributed by atoms with Crippen molar-refractivity contribution in [3.05, 3.63) is 18.2 Å². The molecule has 7 nitrogen and oxygen atoms in total. The third-order valence-electron chi connectivity index (χ3n) is 4.09. The first-order valence-corrected chi connectivity index (χ1v) is 7.62. The second-order valence-electron chi connectivity index (χ2n) is 5.58. The molecule has 0 spiro atoms. The zero-order valence-corrected chi connectivity index (χ0v) is 12.9. The van der Waals surface area contributed by atoms with Gasteiger partial charge in [0.25, 0.3) is 0 Å². The summed E-state index contributed by atoms with van der Waals surface area (Å²) in [4.78, 5) is 11.2. The molecule has 0 bridgehead atoms. The number of hydrogen-bond acceptors (Lipinski definition) is 7. The molecule has 0 saturated carbocycles. The number of anilines is 2. The minimum absolute atomic E-state index is 0.215. The Balaban J connectivity index is 1.81. The first kappa shape index (κ1) is 13.9. The summed E-state index contributed by atoms with van der Waals surface area (Å²) in [5.41, 5.74) is 7.52. The number of nitrogens with two attached hydrogens (primary N) is 1. The van der Waals surface area contributed by atoms with Crippen molar-refractivity contribution in [2.24, 2.45) is 0 Å². The molecule has 2 N–H and O–H groups in total. The predicted octanol–water partition coefficient (Wildman–Crippen LogP) is 2.06. The van der Waals surface area contributed by atoms with Gasteiger partial charge >= 0.3 is 0 Å². The molecule has 2 aliphatic rings. The van der Waals surface area contributed by atoms with Crippen molar-refractivity contribution in [1.29, 1.82) is 0 Å². The number of nitrogens with zero attached hydrogens (tertiary/aromatic N) is 3. The summed E-state index contributed by atoms with van der Waals surface area (Å²) in [6, 6.07) is 5.43. The van der Waals surface area contributed by atoms with Crippen LogP contribution in [0.3, 0.4) is 0 Å². The molecule has 120 valence electrons. The number of benzene rings is 1. The molecule has 0 radical (unpaired) electrons. The lowest BCUT2D eigenvalue weighted by Crippen LogP contribution is -2.21. The highest BCUT2D eigenvalue weighted by atomic mass is 16.7. The highest BCUT2D eigenvalue weighted by molar-refractivity contribution is 5.74. The van der Waals surface area contributed by atoms with Crippen molar-refractivity contribution in [3.63, 3.8) is 0 Å². The number of hydrogen-bond donors (Lipinski definition) is 1. The van der Waals surface area contributed by atoms with E-state index in [0.29, 0.717) is 29.0 Å². The second-order valence-corrected chi connectivity index (χ2v) is 5.58. The van der Waals surface area contributed by atoms with Gasteiger partial charge in [-0.2, -0.15) is 4.98 Å². The van der Waals surface area contributed by atoms with E-state index in [-0.39, 0.29) is 6.79 Å². The van der Waals surface area contributed by atoms with E-state index in [1.165, 1.54) is 0 Å². The van der Waals surface area contributed by atoms with Crippen LogP contribution in [-0.4, -0.2) is 37.0 Å². The van der Waals surface area contributed by atoms with Crippen molar-refractivity contribution in [1.82, 2.24) is 9.97 Å². The Bertz CT molecular complexity index is 744. The maximum absolute atomic E-state index is 5.99. The summed E-state index contributed by atoms with van der Waals surface area (Å²) >= 11 is 0. The molecular weight excluding hydrogens is 296 g/mol. The summed E-state index contributed by atoms with van der Waals surface area (Å²) in [6.45, 7) is 2.13. The van der Waals surface area contributed by atoms with E-state index in [0.717, 1.165) is 37.2 Å². The molecule has 1 fully saturated rings. The van der Waals surface area contributed by atoms with Crippen LogP contribution in [0.25, 0.3) is 11.3 Å². The Labute approximate surface area is 134 Å². The van der Waals surface area contributed by atoms with Crippen molar-refractivity contribution in [2.45, 2.75) is 12.8 Å². The molecule has 0 unspecified atom stereocenters. The normalized spacial score (nSPS) is 16.0. The lowest BCUT2D eigenvalue weighted by molar-refractivity contribution is 0.174. The number of ether oxygens (including phenoxy) is 3. The number of rotatable bonds is 3. The van der Waals surface area contributed by atoms with E-state index in [4.69, 9.17) is 19.9 Å². The predicted molar refractivity (Wildman–Crippen MR) is 86.0 cm³/mol. The Kier molecular flexibility index (Phi) is 3.33. The summed E-state index contributed by atoms with van der Waals surface area (Å²) in [7, 11) is 1.62. The molecule has 0 aliphatic carbocycles. The summed E-state index contributed by atoms with van der Waals surface area (Å²) in [5.74, 6) is 3.13. The monoisotopic (exact) mass is 314 g/mol. The van der Waals surface area contributed by atoms with Gasteiger partial charge in [0, 0.05) is 30.8 Å². The highest BCUT2D eigenvalue weighted by Gasteiger charge is 2.21. The van der Waals surface area contributed by atoms with Gasteiger partial charge in [0.15, 0.2) is 11.5 Å². The molecule has 3 heterocycles. The number of methoxy groups -OCH3 is 1. The van der Waals surface area contributed by atoms with E-state index in [9.17, 15) is 0 Å². The fourth-order valence-electron chi connectivity index (χ4n) is 2.94. The molecule has 2 aliphatic heterocycles. The van der Waals surface area contributed by atoms with Gasteiger partial charge in [-0.25, -0.2) is 4.98 Å². The van der Waals surface area contributed by atoms with Crippen molar-refractivity contribution < 1.29 is 14.2 Å². The van der Waals surface area contributed by atoms with Gasteiger partial charge in [0.05, 0.1) is 12.8 Å². The lowest BCUT2D eigenvalue weighted by atomic mass is 10.1. The zero-order chi connectivity index (χ0) is 15.8. The maximum atomic E-state index is 5.99. The average Bonchev–Trinajstić information content (AvgIpc) is 3.24. The SMILES string of the molecule is COc1cc2c(cc1-c1cc(N)nc(N3CCCC3)n1)OCO2. The number of nitrogen functional groups attached to an aromatic ring is 1. The summed E-state index contributed by atoms with van der Waals surface area (Å²) < 4.78 is 16.3. The minimum atomic E-state index is 0.215. The standard InChI is InChI=1S/C16H18N4O3/c1-21-12-8-14-13(22-9-23-14)6-10(12)11-7-15(17)19-16(18-11)20-4-2-3-5-20/h6-8H,2-5,9H2,1H3,(H2,17,18,19). The van der Waals surface area contributed by atoms with Crippen LogP contribution in [-0.2, 0) is 0 Å². The molecule has 7 heteroatoms. The van der Waals surface area contributed by atoms with Gasteiger partial charge in [-0.1, -0.05) is 0 Å². The van der Waals surface area contributed by atoms with E-state index < -0.39 is 0 Å². The van der Waals surface area contributed by atoms with Gasteiger partial charge in [0.1, 0.15) is 11.6 Å². The fraction of sp³-hybridized carbons (Fsp3) is 0.375. The molecule has 1 aromatic carbocycles. The molecule has 0 atom stereocenters. The third-order valence-corrected chi connectivity index (χ3v) is 4.09. The average molecular weight is 314 g/mol. The van der Waals surface area contributed by atoms with Crippen LogP contribution < -0.4 is 24.8 Å². The zero-order valence-electron chi connectivity index (χ0n) is 12.9. The molecule has 1 aromatic heterocycles. The molecule has 0 amide bonds. The molecule has 1 saturated heterocycles. The van der Waals surface area contributed by atoms with Crippen LogP contribution in [0.1, 0.15) is 12.8 Å². The van der Waals surface area contributed by atoms with E-state index in [1.807, 2.05) is 12.1 Å². The Hall–Kier alpha value is -2.70. The highest BCUT2D eigenvalue weighted by Crippen LogP contribution is 2.42. The van der Waals surface area contributed by atoms with Gasteiger partial charge in [-0.3, -0.25) is 0 Å². The first-order chi connectivity index (χ1) is 11.2. The fourth-order valence-corrected chi connectivity index (χ4v) is 2.94. The largest absolute Gasteiger partial charge is 0.496 e. The van der Waals surface area contributed by atoms with Crippen LogP contribution in [0.5, 0.6) is 17.2 Å². The van der Waals surface area contributed by atoms with Gasteiger partial charge in [-0.05, 0) is 18.9 Å². The van der Waals surface area contributed by atoms with Gasteiger partial charge < -0.3 is 24.8 Å². The number of fused-ring (bicyclic) bond motifs is 1. The Morgan fingerprint density at radius 3 is 2.57 bits per heavy atom. The first-order valence-electron chi connectivity index (χ1n) is 7.62. The molecule has 2 aromatic rings. The smallest absolute Gasteiger partial charge is 0.231 e. The lowest BCUT2D eigenvalue weighted by Gasteiger charge is -2.17. The van der Waals surface area contributed by atoms with Gasteiger partial charge in [-0.15, -0.1) is 0 Å². The molecule has 4 rings (SSSR count). The summed E-state index contributed by atoms with van der Waals surface area (Å²) in [5, 5.41) is 0. The number of aromatic nitrogens is 2. The third kappa shape index (κ3) is 2.48. The van der Waals surface area contributed by atoms with Crippen molar-refractivity contribution in [2.75, 3.05) is 37.6 Å².